The Bertz CT molecular complexity index is 469. The Morgan fingerprint density at radius 2 is 1.67 bits per heavy atom. The first-order chi connectivity index (χ1) is 11.5. The van der Waals surface area contributed by atoms with Gasteiger partial charge in [-0.1, -0.05) is 13.8 Å². The fourth-order valence-corrected chi connectivity index (χ4v) is 7.81. The van der Waals surface area contributed by atoms with E-state index in [4.69, 9.17) is 0 Å². The van der Waals surface area contributed by atoms with Gasteiger partial charge in [0, 0.05) is 12.6 Å². The fourth-order valence-electron chi connectivity index (χ4n) is 7.81. The zero-order valence-electron chi connectivity index (χ0n) is 15.6. The third-order valence-electron chi connectivity index (χ3n) is 9.14. The Kier molecular flexibility index (Phi) is 4.50. The Balaban J connectivity index is 1.54. The summed E-state index contributed by atoms with van der Waals surface area (Å²) < 4.78 is 0. The molecule has 0 aliphatic heterocycles. The molecule has 0 heterocycles. The molecule has 3 nitrogen and oxygen atoms in total. The van der Waals surface area contributed by atoms with Crippen LogP contribution >= 0.6 is 0 Å². The molecule has 0 unspecified atom stereocenters. The highest BCUT2D eigenvalue weighted by atomic mass is 16.3. The highest BCUT2D eigenvalue weighted by molar-refractivity contribution is 5.10. The first-order valence-electron chi connectivity index (χ1n) is 10.5. The van der Waals surface area contributed by atoms with Crippen molar-refractivity contribution < 1.29 is 10.2 Å². The predicted octanol–water partition coefficient (Wildman–Crippen LogP) is 3.34. The Labute approximate surface area is 147 Å². The minimum Gasteiger partial charge on any atom is -0.395 e. The average Bonchev–Trinajstić information content (AvgIpc) is 2.90. The summed E-state index contributed by atoms with van der Waals surface area (Å²) in [5, 5.41) is 23.0. The minimum absolute atomic E-state index is 0.0352. The number of hydrogen-bond donors (Lipinski definition) is 3. The molecule has 24 heavy (non-hydrogen) atoms. The van der Waals surface area contributed by atoms with Gasteiger partial charge in [0.2, 0.25) is 0 Å². The van der Waals surface area contributed by atoms with Gasteiger partial charge in [0.15, 0.2) is 0 Å². The molecular weight excluding hydrogens is 298 g/mol. The van der Waals surface area contributed by atoms with Crippen LogP contribution < -0.4 is 5.32 Å². The lowest BCUT2D eigenvalue weighted by Crippen LogP contribution is -2.55. The number of fused-ring (bicyclic) bond motifs is 5. The number of aliphatic hydroxyl groups is 2. The molecule has 0 saturated heterocycles. The van der Waals surface area contributed by atoms with Gasteiger partial charge in [-0.05, 0) is 92.3 Å². The van der Waals surface area contributed by atoms with E-state index in [1.54, 1.807) is 0 Å². The summed E-state index contributed by atoms with van der Waals surface area (Å²) in [4.78, 5) is 0. The lowest BCUT2D eigenvalue weighted by atomic mass is 9.45. The van der Waals surface area contributed by atoms with Crippen LogP contribution in [0.5, 0.6) is 0 Å². The van der Waals surface area contributed by atoms with Crippen molar-refractivity contribution in [2.45, 2.75) is 83.8 Å². The second-order valence-corrected chi connectivity index (χ2v) is 9.94. The molecule has 4 saturated carbocycles. The van der Waals surface area contributed by atoms with Gasteiger partial charge in [0.25, 0.3) is 0 Å². The van der Waals surface area contributed by atoms with Crippen LogP contribution in [0.3, 0.4) is 0 Å². The van der Waals surface area contributed by atoms with Gasteiger partial charge in [0.1, 0.15) is 0 Å². The highest BCUT2D eigenvalue weighted by Gasteiger charge is 2.59. The van der Waals surface area contributed by atoms with Crippen LogP contribution in [0.1, 0.15) is 71.6 Å². The topological polar surface area (TPSA) is 52.5 Å². The van der Waals surface area contributed by atoms with Crippen molar-refractivity contribution in [2.24, 2.45) is 34.5 Å². The molecule has 0 radical (unpaired) electrons. The third-order valence-corrected chi connectivity index (χ3v) is 9.14. The van der Waals surface area contributed by atoms with E-state index in [-0.39, 0.29) is 12.7 Å². The van der Waals surface area contributed by atoms with Crippen molar-refractivity contribution >= 4 is 0 Å². The van der Waals surface area contributed by atoms with E-state index in [1.165, 1.54) is 44.9 Å². The molecule has 3 N–H and O–H groups in total. The lowest BCUT2D eigenvalue weighted by Gasteiger charge is -2.61. The highest BCUT2D eigenvalue weighted by Crippen LogP contribution is 2.66. The normalized spacial score (nSPS) is 54.0. The molecule has 0 bridgehead atoms. The van der Waals surface area contributed by atoms with E-state index >= 15 is 0 Å². The molecule has 8 atom stereocenters. The van der Waals surface area contributed by atoms with Gasteiger partial charge in [-0.2, -0.15) is 0 Å². The molecule has 0 aromatic carbocycles. The molecule has 4 fully saturated rings. The largest absolute Gasteiger partial charge is 0.395 e. The average molecular weight is 336 g/mol. The van der Waals surface area contributed by atoms with E-state index < -0.39 is 0 Å². The van der Waals surface area contributed by atoms with Crippen LogP contribution in [0.2, 0.25) is 0 Å². The first kappa shape index (κ1) is 17.3. The van der Waals surface area contributed by atoms with Crippen molar-refractivity contribution in [3.63, 3.8) is 0 Å². The van der Waals surface area contributed by atoms with Crippen LogP contribution in [0.25, 0.3) is 0 Å². The van der Waals surface area contributed by atoms with Crippen LogP contribution in [-0.2, 0) is 0 Å². The maximum Gasteiger partial charge on any atom is 0.0556 e. The van der Waals surface area contributed by atoms with E-state index in [2.05, 4.69) is 19.2 Å². The van der Waals surface area contributed by atoms with E-state index in [1.807, 2.05) is 0 Å². The van der Waals surface area contributed by atoms with Gasteiger partial charge in [-0.15, -0.1) is 0 Å². The second-order valence-electron chi connectivity index (χ2n) is 9.94. The Morgan fingerprint density at radius 3 is 2.46 bits per heavy atom. The Hall–Kier alpha value is -0.120. The maximum atomic E-state index is 10.1. The van der Waals surface area contributed by atoms with Crippen LogP contribution in [-0.4, -0.2) is 35.5 Å². The van der Waals surface area contributed by atoms with Gasteiger partial charge in [-0.3, -0.25) is 0 Å². The van der Waals surface area contributed by atoms with Crippen molar-refractivity contribution in [3.05, 3.63) is 0 Å². The standard InChI is InChI=1S/C21H37NO2/c1-20-9-7-15(24)13-14(20)3-4-16-17-5-6-19(22-11-12-23)21(17,2)10-8-18(16)20/h14-19,22-24H,3-13H2,1-2H3/t14-,15+,16-,17+,18-,19-,20-,21-/m0/s1. The maximum absolute atomic E-state index is 10.1. The number of nitrogens with one attached hydrogen (secondary N) is 1. The summed E-state index contributed by atoms with van der Waals surface area (Å²) >= 11 is 0. The Morgan fingerprint density at radius 1 is 0.917 bits per heavy atom. The number of hydrogen-bond acceptors (Lipinski definition) is 3. The molecule has 0 aromatic rings. The third kappa shape index (κ3) is 2.49. The summed E-state index contributed by atoms with van der Waals surface area (Å²) in [6.45, 7) is 6.11. The molecule has 3 heteroatoms. The van der Waals surface area contributed by atoms with Crippen molar-refractivity contribution in [1.29, 1.82) is 0 Å². The molecule has 4 rings (SSSR count). The molecular formula is C21H37NO2. The minimum atomic E-state index is -0.0352. The number of rotatable bonds is 3. The quantitative estimate of drug-likeness (QED) is 0.741. The number of aliphatic hydroxyl groups excluding tert-OH is 2. The summed E-state index contributed by atoms with van der Waals surface area (Å²) in [6.07, 6.45) is 11.4. The van der Waals surface area contributed by atoms with Gasteiger partial charge in [-0.25, -0.2) is 0 Å². The molecule has 0 aromatic heterocycles. The predicted molar refractivity (Wildman–Crippen MR) is 96.6 cm³/mol. The van der Waals surface area contributed by atoms with E-state index in [9.17, 15) is 10.2 Å². The summed E-state index contributed by atoms with van der Waals surface area (Å²) in [6, 6.07) is 0.606. The molecule has 0 spiro atoms. The van der Waals surface area contributed by atoms with Gasteiger partial charge < -0.3 is 15.5 Å². The second kappa shape index (κ2) is 6.25. The fraction of sp³-hybridized carbons (Fsp3) is 1.00. The molecule has 4 aliphatic rings. The molecule has 138 valence electrons. The van der Waals surface area contributed by atoms with E-state index in [0.717, 1.165) is 43.1 Å². The van der Waals surface area contributed by atoms with Crippen LogP contribution in [0.15, 0.2) is 0 Å². The lowest BCUT2D eigenvalue weighted by molar-refractivity contribution is -0.123. The smallest absolute Gasteiger partial charge is 0.0556 e. The van der Waals surface area contributed by atoms with E-state index in [0.29, 0.717) is 16.9 Å². The molecule has 0 amide bonds. The monoisotopic (exact) mass is 335 g/mol. The zero-order chi connectivity index (χ0) is 16.9. The molecule has 4 aliphatic carbocycles. The van der Waals surface area contributed by atoms with Crippen molar-refractivity contribution in [3.8, 4) is 0 Å². The van der Waals surface area contributed by atoms with Crippen LogP contribution in [0.4, 0.5) is 0 Å². The van der Waals surface area contributed by atoms with Gasteiger partial charge in [0.05, 0.1) is 12.7 Å². The van der Waals surface area contributed by atoms with Crippen LogP contribution in [0, 0.1) is 34.5 Å². The first-order valence-corrected chi connectivity index (χ1v) is 10.5. The zero-order valence-corrected chi connectivity index (χ0v) is 15.6. The summed E-state index contributed by atoms with van der Waals surface area (Å²) in [5.74, 6) is 3.42. The summed E-state index contributed by atoms with van der Waals surface area (Å²) in [7, 11) is 0. The SMILES string of the molecule is C[C@]12CC[C@@H](O)C[C@@H]1CC[C@H]1[C@H]3CC[C@H](NCCO)[C@@]3(C)CC[C@@H]12. The van der Waals surface area contributed by atoms with Crippen molar-refractivity contribution in [1.82, 2.24) is 5.32 Å². The van der Waals surface area contributed by atoms with Gasteiger partial charge >= 0.3 is 0 Å². The summed E-state index contributed by atoms with van der Waals surface area (Å²) in [5.41, 5.74) is 0.924. The van der Waals surface area contributed by atoms with Crippen molar-refractivity contribution in [2.75, 3.05) is 13.2 Å².